The molecule has 0 aliphatic carbocycles. The number of pyridine rings is 1. The predicted molar refractivity (Wildman–Crippen MR) is 129 cm³/mol. The van der Waals surface area contributed by atoms with Gasteiger partial charge in [0, 0.05) is 42.8 Å². The Morgan fingerprint density at radius 2 is 1.52 bits per heavy atom. The third-order valence-corrected chi connectivity index (χ3v) is 7.91. The highest BCUT2D eigenvalue weighted by Crippen LogP contribution is 2.37. The van der Waals surface area contributed by atoms with Crippen LogP contribution in [-0.2, 0) is 9.84 Å². The molecule has 0 N–H and O–H groups in total. The second-order valence-corrected chi connectivity index (χ2v) is 10.2. The van der Waals surface area contributed by atoms with Crippen LogP contribution in [0.1, 0.15) is 0 Å². The number of aromatic nitrogens is 1. The summed E-state index contributed by atoms with van der Waals surface area (Å²) in [6, 6.07) is 20.3. The summed E-state index contributed by atoms with van der Waals surface area (Å²) in [5.74, 6) is -0.264. The molecule has 0 amide bonds. The maximum atomic E-state index is 14.3. The zero-order chi connectivity index (χ0) is 23.0. The standard InChI is InChI=1S/C25H21ClFN3O2S/c26-18-10-11-22-20(16-18)25(24(17-28-22)33(31,32)19-6-2-1-3-7-19)30-14-12-29(13-15-30)23-9-5-4-8-21(23)27/h1-11,16-17H,12-15H2. The van der Waals surface area contributed by atoms with E-state index < -0.39 is 9.84 Å². The highest BCUT2D eigenvalue weighted by atomic mass is 35.5. The van der Waals surface area contributed by atoms with Crippen LogP contribution >= 0.6 is 11.6 Å². The minimum absolute atomic E-state index is 0.141. The van der Waals surface area contributed by atoms with Crippen molar-refractivity contribution in [1.29, 1.82) is 0 Å². The zero-order valence-corrected chi connectivity index (χ0v) is 19.2. The largest absolute Gasteiger partial charge is 0.366 e. The molecule has 0 radical (unpaired) electrons. The van der Waals surface area contributed by atoms with E-state index in [4.69, 9.17) is 11.6 Å². The first-order chi connectivity index (χ1) is 15.9. The monoisotopic (exact) mass is 481 g/mol. The molecule has 168 valence electrons. The van der Waals surface area contributed by atoms with E-state index in [0.29, 0.717) is 53.5 Å². The second-order valence-electron chi connectivity index (χ2n) is 7.87. The van der Waals surface area contributed by atoms with Crippen LogP contribution in [0, 0.1) is 5.82 Å². The van der Waals surface area contributed by atoms with Crippen LogP contribution in [0.3, 0.4) is 0 Å². The molecule has 0 bridgehead atoms. The van der Waals surface area contributed by atoms with Gasteiger partial charge < -0.3 is 9.80 Å². The van der Waals surface area contributed by atoms with Crippen LogP contribution in [-0.4, -0.2) is 39.6 Å². The smallest absolute Gasteiger partial charge is 0.210 e. The summed E-state index contributed by atoms with van der Waals surface area (Å²) >= 11 is 6.29. The molecule has 2 heterocycles. The lowest BCUT2D eigenvalue weighted by atomic mass is 10.1. The van der Waals surface area contributed by atoms with Crippen molar-refractivity contribution in [1.82, 2.24) is 4.98 Å². The molecule has 1 aromatic heterocycles. The number of benzene rings is 3. The number of piperazine rings is 1. The molecule has 3 aromatic carbocycles. The number of sulfone groups is 1. The molecule has 1 saturated heterocycles. The highest BCUT2D eigenvalue weighted by Gasteiger charge is 2.29. The first-order valence-electron chi connectivity index (χ1n) is 10.6. The van der Waals surface area contributed by atoms with E-state index in [2.05, 4.69) is 4.98 Å². The molecule has 5 rings (SSSR count). The summed E-state index contributed by atoms with van der Waals surface area (Å²) in [5, 5.41) is 1.18. The summed E-state index contributed by atoms with van der Waals surface area (Å²) in [6.45, 7) is 2.15. The van der Waals surface area contributed by atoms with Crippen LogP contribution in [0.4, 0.5) is 15.8 Å². The van der Waals surface area contributed by atoms with Crippen molar-refractivity contribution in [2.75, 3.05) is 36.0 Å². The molecule has 0 spiro atoms. The van der Waals surface area contributed by atoms with Gasteiger partial charge >= 0.3 is 0 Å². The van der Waals surface area contributed by atoms with E-state index in [0.717, 1.165) is 0 Å². The number of para-hydroxylation sites is 1. The van der Waals surface area contributed by atoms with Gasteiger partial charge in [0.15, 0.2) is 0 Å². The SMILES string of the molecule is O=S(=O)(c1ccccc1)c1cnc2ccc(Cl)cc2c1N1CCN(c2ccccc2F)CC1. The Morgan fingerprint density at radius 1 is 0.848 bits per heavy atom. The van der Waals surface area contributed by atoms with Crippen molar-refractivity contribution in [3.8, 4) is 0 Å². The Balaban J connectivity index is 1.59. The Bertz CT molecular complexity index is 1420. The van der Waals surface area contributed by atoms with E-state index in [1.165, 1.54) is 12.3 Å². The van der Waals surface area contributed by atoms with Gasteiger partial charge in [-0.3, -0.25) is 4.98 Å². The predicted octanol–water partition coefficient (Wildman–Crippen LogP) is 5.19. The lowest BCUT2D eigenvalue weighted by Crippen LogP contribution is -2.47. The van der Waals surface area contributed by atoms with Gasteiger partial charge in [0.1, 0.15) is 10.7 Å². The van der Waals surface area contributed by atoms with E-state index in [1.807, 2.05) is 15.9 Å². The summed E-state index contributed by atoms with van der Waals surface area (Å²) in [6.07, 6.45) is 1.43. The minimum Gasteiger partial charge on any atom is -0.366 e. The molecule has 33 heavy (non-hydrogen) atoms. The van der Waals surface area contributed by atoms with Crippen molar-refractivity contribution in [2.45, 2.75) is 9.79 Å². The Hall–Kier alpha value is -3.16. The fraction of sp³-hybridized carbons (Fsp3) is 0.160. The number of fused-ring (bicyclic) bond motifs is 1. The molecule has 0 atom stereocenters. The number of anilines is 2. The van der Waals surface area contributed by atoms with Gasteiger partial charge in [-0.25, -0.2) is 12.8 Å². The van der Waals surface area contributed by atoms with E-state index >= 15 is 0 Å². The molecular formula is C25H21ClFN3O2S. The normalized spacial score (nSPS) is 14.6. The first kappa shape index (κ1) is 21.7. The van der Waals surface area contributed by atoms with Gasteiger partial charge in [-0.1, -0.05) is 41.9 Å². The Morgan fingerprint density at radius 3 is 2.24 bits per heavy atom. The molecule has 0 unspecified atom stereocenters. The topological polar surface area (TPSA) is 53.5 Å². The second kappa shape index (κ2) is 8.65. The summed E-state index contributed by atoms with van der Waals surface area (Å²) in [4.78, 5) is 8.78. The highest BCUT2D eigenvalue weighted by molar-refractivity contribution is 7.91. The van der Waals surface area contributed by atoms with Crippen LogP contribution in [0.15, 0.2) is 88.8 Å². The molecule has 4 aromatic rings. The van der Waals surface area contributed by atoms with E-state index in [1.54, 1.807) is 60.7 Å². The van der Waals surface area contributed by atoms with Gasteiger partial charge in [0.05, 0.1) is 21.8 Å². The average Bonchev–Trinajstić information content (AvgIpc) is 2.84. The average molecular weight is 482 g/mol. The number of nitrogens with zero attached hydrogens (tertiary/aromatic N) is 3. The van der Waals surface area contributed by atoms with Gasteiger partial charge in [-0.2, -0.15) is 0 Å². The molecular weight excluding hydrogens is 461 g/mol. The summed E-state index contributed by atoms with van der Waals surface area (Å²) < 4.78 is 41.5. The van der Waals surface area contributed by atoms with Gasteiger partial charge in [-0.15, -0.1) is 0 Å². The lowest BCUT2D eigenvalue weighted by molar-refractivity contribution is 0.590. The lowest BCUT2D eigenvalue weighted by Gasteiger charge is -2.38. The van der Waals surface area contributed by atoms with Gasteiger partial charge in [0.25, 0.3) is 0 Å². The quantitative estimate of drug-likeness (QED) is 0.401. The van der Waals surface area contributed by atoms with Gasteiger partial charge in [-0.05, 0) is 42.5 Å². The fourth-order valence-corrected chi connectivity index (χ4v) is 5.89. The van der Waals surface area contributed by atoms with Crippen molar-refractivity contribution in [3.63, 3.8) is 0 Å². The molecule has 1 aliphatic rings. The number of halogens is 2. The van der Waals surface area contributed by atoms with Crippen LogP contribution in [0.5, 0.6) is 0 Å². The molecule has 8 heteroatoms. The van der Waals surface area contributed by atoms with Crippen molar-refractivity contribution in [3.05, 3.63) is 89.8 Å². The van der Waals surface area contributed by atoms with Gasteiger partial charge in [0.2, 0.25) is 9.84 Å². The van der Waals surface area contributed by atoms with Crippen molar-refractivity contribution < 1.29 is 12.8 Å². The number of hydrogen-bond acceptors (Lipinski definition) is 5. The first-order valence-corrected chi connectivity index (χ1v) is 12.4. The van der Waals surface area contributed by atoms with E-state index in [-0.39, 0.29) is 15.6 Å². The van der Waals surface area contributed by atoms with Crippen LogP contribution in [0.2, 0.25) is 5.02 Å². The fourth-order valence-electron chi connectivity index (χ4n) is 4.26. The third-order valence-electron chi connectivity index (χ3n) is 5.90. The molecule has 1 fully saturated rings. The third kappa shape index (κ3) is 4.03. The maximum Gasteiger partial charge on any atom is 0.210 e. The molecule has 0 saturated carbocycles. The van der Waals surface area contributed by atoms with Crippen molar-refractivity contribution >= 4 is 43.7 Å². The zero-order valence-electron chi connectivity index (χ0n) is 17.7. The summed E-state index contributed by atoms with van der Waals surface area (Å²) in [5.41, 5.74) is 1.80. The number of rotatable bonds is 4. The Kier molecular flexibility index (Phi) is 5.68. The van der Waals surface area contributed by atoms with E-state index in [9.17, 15) is 12.8 Å². The van der Waals surface area contributed by atoms with Crippen LogP contribution in [0.25, 0.3) is 10.9 Å². The maximum absolute atomic E-state index is 14.3. The van der Waals surface area contributed by atoms with Crippen LogP contribution < -0.4 is 9.80 Å². The molecule has 5 nitrogen and oxygen atoms in total. The van der Waals surface area contributed by atoms with Crippen molar-refractivity contribution in [2.24, 2.45) is 0 Å². The minimum atomic E-state index is -3.82. The summed E-state index contributed by atoms with van der Waals surface area (Å²) in [7, 11) is -3.82. The Labute approximate surface area is 197 Å². The molecule has 1 aliphatic heterocycles. The number of hydrogen-bond donors (Lipinski definition) is 0.